The SMILES string of the molecule is Cc1csc(=O)n1CCC(=O)NCc1ccccc1CN1C[C@H](C)C[C@H](C)C1. The van der Waals surface area contributed by atoms with Crippen molar-refractivity contribution in [1.29, 1.82) is 0 Å². The second-order valence-electron chi connectivity index (χ2n) is 8.23. The van der Waals surface area contributed by atoms with Gasteiger partial charge in [0.2, 0.25) is 5.91 Å². The van der Waals surface area contributed by atoms with E-state index in [1.165, 1.54) is 28.9 Å². The zero-order chi connectivity index (χ0) is 20.1. The van der Waals surface area contributed by atoms with Gasteiger partial charge in [0.25, 0.3) is 0 Å². The summed E-state index contributed by atoms with van der Waals surface area (Å²) in [4.78, 5) is 26.6. The van der Waals surface area contributed by atoms with Gasteiger partial charge >= 0.3 is 4.87 Å². The third kappa shape index (κ3) is 5.55. The number of nitrogens with zero attached hydrogens (tertiary/aromatic N) is 2. The summed E-state index contributed by atoms with van der Waals surface area (Å²) < 4.78 is 1.66. The summed E-state index contributed by atoms with van der Waals surface area (Å²) in [5.74, 6) is 1.45. The van der Waals surface area contributed by atoms with Gasteiger partial charge in [0.15, 0.2) is 0 Å². The van der Waals surface area contributed by atoms with Crippen molar-refractivity contribution in [3.05, 3.63) is 56.1 Å². The van der Waals surface area contributed by atoms with Crippen LogP contribution in [-0.4, -0.2) is 28.5 Å². The Morgan fingerprint density at radius 3 is 2.50 bits per heavy atom. The van der Waals surface area contributed by atoms with Crippen molar-refractivity contribution in [3.8, 4) is 0 Å². The lowest BCUT2D eigenvalue weighted by Crippen LogP contribution is -2.38. The number of aryl methyl sites for hydroxylation is 1. The molecule has 1 aromatic heterocycles. The molecule has 152 valence electrons. The number of aromatic nitrogens is 1. The maximum atomic E-state index is 12.3. The molecule has 1 aliphatic heterocycles. The summed E-state index contributed by atoms with van der Waals surface area (Å²) in [6, 6.07) is 8.36. The van der Waals surface area contributed by atoms with Gasteiger partial charge in [-0.2, -0.15) is 0 Å². The van der Waals surface area contributed by atoms with Crippen LogP contribution < -0.4 is 10.2 Å². The number of amides is 1. The number of piperidine rings is 1. The number of carbonyl (C=O) groups is 1. The second-order valence-corrected chi connectivity index (χ2v) is 9.05. The molecule has 1 N–H and O–H groups in total. The molecule has 0 saturated carbocycles. The van der Waals surface area contributed by atoms with E-state index in [1.807, 2.05) is 18.4 Å². The molecule has 2 atom stereocenters. The number of thiazole rings is 1. The van der Waals surface area contributed by atoms with Gasteiger partial charge in [0.1, 0.15) is 0 Å². The van der Waals surface area contributed by atoms with Crippen molar-refractivity contribution < 1.29 is 4.79 Å². The highest BCUT2D eigenvalue weighted by atomic mass is 32.1. The fraction of sp³-hybridized carbons (Fsp3) is 0.545. The van der Waals surface area contributed by atoms with Crippen molar-refractivity contribution in [3.63, 3.8) is 0 Å². The molecule has 0 aliphatic carbocycles. The van der Waals surface area contributed by atoms with Gasteiger partial charge in [-0.15, -0.1) is 0 Å². The van der Waals surface area contributed by atoms with Crippen LogP contribution in [0.2, 0.25) is 0 Å². The van der Waals surface area contributed by atoms with E-state index in [0.717, 1.165) is 37.2 Å². The number of hydrogen-bond donors (Lipinski definition) is 1. The van der Waals surface area contributed by atoms with Crippen LogP contribution in [0.3, 0.4) is 0 Å². The van der Waals surface area contributed by atoms with Crippen molar-refractivity contribution >= 4 is 17.2 Å². The molecule has 1 aromatic carbocycles. The molecule has 0 spiro atoms. The Morgan fingerprint density at radius 2 is 1.86 bits per heavy atom. The Balaban J connectivity index is 1.54. The zero-order valence-corrected chi connectivity index (χ0v) is 17.9. The maximum Gasteiger partial charge on any atom is 0.307 e. The van der Waals surface area contributed by atoms with Crippen molar-refractivity contribution in [2.24, 2.45) is 11.8 Å². The number of carbonyl (C=O) groups excluding carboxylic acids is 1. The lowest BCUT2D eigenvalue weighted by Gasteiger charge is -2.35. The van der Waals surface area contributed by atoms with E-state index in [2.05, 4.69) is 42.3 Å². The van der Waals surface area contributed by atoms with Crippen LogP contribution in [0.4, 0.5) is 0 Å². The number of hydrogen-bond acceptors (Lipinski definition) is 4. The number of rotatable bonds is 7. The summed E-state index contributed by atoms with van der Waals surface area (Å²) in [6.07, 6.45) is 1.63. The maximum absolute atomic E-state index is 12.3. The Morgan fingerprint density at radius 1 is 1.18 bits per heavy atom. The molecule has 1 aliphatic rings. The molecule has 2 aromatic rings. The van der Waals surface area contributed by atoms with E-state index in [9.17, 15) is 9.59 Å². The zero-order valence-electron chi connectivity index (χ0n) is 17.1. The van der Waals surface area contributed by atoms with Gasteiger partial charge in [-0.3, -0.25) is 14.5 Å². The first kappa shape index (κ1) is 20.8. The average molecular weight is 402 g/mol. The van der Waals surface area contributed by atoms with E-state index in [4.69, 9.17) is 0 Å². The summed E-state index contributed by atoms with van der Waals surface area (Å²) in [7, 11) is 0. The highest BCUT2D eigenvalue weighted by Crippen LogP contribution is 2.23. The Labute approximate surface area is 171 Å². The van der Waals surface area contributed by atoms with Crippen LogP contribution >= 0.6 is 11.3 Å². The minimum atomic E-state index is -0.0208. The normalized spacial score (nSPS) is 20.2. The average Bonchev–Trinajstić information content (AvgIpc) is 2.96. The molecule has 1 amide bonds. The molecule has 0 unspecified atom stereocenters. The predicted octanol–water partition coefficient (Wildman–Crippen LogP) is 3.40. The molecule has 3 rings (SSSR count). The second kappa shape index (κ2) is 9.52. The first-order chi connectivity index (χ1) is 13.4. The predicted molar refractivity (Wildman–Crippen MR) is 114 cm³/mol. The van der Waals surface area contributed by atoms with Gasteiger partial charge in [-0.1, -0.05) is 49.4 Å². The number of nitrogens with one attached hydrogen (secondary N) is 1. The first-order valence-corrected chi connectivity index (χ1v) is 11.0. The fourth-order valence-electron chi connectivity index (χ4n) is 4.22. The topological polar surface area (TPSA) is 54.3 Å². The largest absolute Gasteiger partial charge is 0.352 e. The van der Waals surface area contributed by atoms with Crippen LogP contribution in [0.15, 0.2) is 34.4 Å². The fourth-order valence-corrected chi connectivity index (χ4v) is 4.98. The third-order valence-electron chi connectivity index (χ3n) is 5.47. The van der Waals surface area contributed by atoms with Crippen molar-refractivity contribution in [2.75, 3.05) is 13.1 Å². The molecule has 1 saturated heterocycles. The standard InChI is InChI=1S/C22H31N3O2S/c1-16-10-17(2)13-24(12-16)14-20-7-5-4-6-19(20)11-23-21(26)8-9-25-18(3)15-28-22(25)27/h4-7,15-17H,8-14H2,1-3H3,(H,23,26)/t16-,17+. The molecular formula is C22H31N3O2S. The monoisotopic (exact) mass is 401 g/mol. The van der Waals surface area contributed by atoms with Gasteiger partial charge in [-0.05, 0) is 36.3 Å². The molecule has 5 nitrogen and oxygen atoms in total. The van der Waals surface area contributed by atoms with Crippen LogP contribution in [0, 0.1) is 18.8 Å². The lowest BCUT2D eigenvalue weighted by molar-refractivity contribution is -0.121. The number of benzene rings is 1. The van der Waals surface area contributed by atoms with Gasteiger partial charge < -0.3 is 9.88 Å². The summed E-state index contributed by atoms with van der Waals surface area (Å²) >= 11 is 1.18. The smallest absolute Gasteiger partial charge is 0.307 e. The molecule has 1 fully saturated rings. The van der Waals surface area contributed by atoms with Gasteiger partial charge in [-0.25, -0.2) is 0 Å². The van der Waals surface area contributed by atoms with Crippen molar-refractivity contribution in [1.82, 2.24) is 14.8 Å². The van der Waals surface area contributed by atoms with Crippen LogP contribution in [-0.2, 0) is 24.4 Å². The van der Waals surface area contributed by atoms with Crippen LogP contribution in [0.1, 0.15) is 43.5 Å². The number of likely N-dealkylation sites (tertiary alicyclic amines) is 1. The van der Waals surface area contributed by atoms with E-state index in [-0.39, 0.29) is 10.8 Å². The van der Waals surface area contributed by atoms with E-state index in [0.29, 0.717) is 19.5 Å². The molecular weight excluding hydrogens is 370 g/mol. The Hall–Kier alpha value is -1.92. The first-order valence-electron chi connectivity index (χ1n) is 10.1. The summed E-state index contributed by atoms with van der Waals surface area (Å²) in [5.41, 5.74) is 3.37. The minimum absolute atomic E-state index is 0.000587. The quantitative estimate of drug-likeness (QED) is 0.774. The molecule has 0 radical (unpaired) electrons. The Bertz CT molecular complexity index is 847. The van der Waals surface area contributed by atoms with Crippen LogP contribution in [0.5, 0.6) is 0 Å². The van der Waals surface area contributed by atoms with Crippen molar-refractivity contribution in [2.45, 2.75) is 53.2 Å². The molecule has 0 bridgehead atoms. The molecule has 2 heterocycles. The van der Waals surface area contributed by atoms with Gasteiger partial charge in [0.05, 0.1) is 0 Å². The molecule has 6 heteroatoms. The van der Waals surface area contributed by atoms with Crippen LogP contribution in [0.25, 0.3) is 0 Å². The molecule has 28 heavy (non-hydrogen) atoms. The lowest BCUT2D eigenvalue weighted by atomic mass is 9.91. The van der Waals surface area contributed by atoms with E-state index < -0.39 is 0 Å². The highest BCUT2D eigenvalue weighted by molar-refractivity contribution is 7.07. The Kier molecular flexibility index (Phi) is 7.08. The minimum Gasteiger partial charge on any atom is -0.352 e. The summed E-state index contributed by atoms with van der Waals surface area (Å²) in [5, 5.41) is 4.86. The highest BCUT2D eigenvalue weighted by Gasteiger charge is 2.22. The van der Waals surface area contributed by atoms with Gasteiger partial charge in [0, 0.05) is 50.2 Å². The summed E-state index contributed by atoms with van der Waals surface area (Å²) in [6.45, 7) is 10.7. The van der Waals surface area contributed by atoms with E-state index >= 15 is 0 Å². The van der Waals surface area contributed by atoms with E-state index in [1.54, 1.807) is 4.57 Å². The third-order valence-corrected chi connectivity index (χ3v) is 6.35.